The molecule has 0 aliphatic carbocycles. The number of fused-ring (bicyclic) bond motifs is 1. The minimum Gasteiger partial charge on any atom is -0.478 e. The second kappa shape index (κ2) is 5.70. The van der Waals surface area contributed by atoms with E-state index in [1.807, 2.05) is 6.07 Å². The maximum Gasteiger partial charge on any atom is 0.407 e. The highest BCUT2D eigenvalue weighted by Crippen LogP contribution is 2.35. The number of benzene rings is 1. The van der Waals surface area contributed by atoms with Crippen molar-refractivity contribution in [2.45, 2.75) is 13.1 Å². The molecule has 0 saturated heterocycles. The molecule has 8 heteroatoms. The summed E-state index contributed by atoms with van der Waals surface area (Å²) in [5, 5.41) is 28.2. The first-order valence-corrected chi connectivity index (χ1v) is 7.06. The highest BCUT2D eigenvalue weighted by molar-refractivity contribution is 5.99. The molecule has 0 saturated carbocycles. The fourth-order valence-electron chi connectivity index (χ4n) is 2.99. The number of carboxylic acid groups (broad SMARTS) is 2. The van der Waals surface area contributed by atoms with E-state index in [-0.39, 0.29) is 47.7 Å². The van der Waals surface area contributed by atoms with Gasteiger partial charge in [0.1, 0.15) is 17.6 Å². The van der Waals surface area contributed by atoms with Crippen molar-refractivity contribution in [1.29, 1.82) is 5.26 Å². The quantitative estimate of drug-likeness (QED) is 0.879. The molecule has 2 heterocycles. The molecule has 0 bridgehead atoms. The Hall–Kier alpha value is -3.34. The average Bonchev–Trinajstić information content (AvgIpc) is 2.88. The number of rotatable bonds is 2. The average molecular weight is 329 g/mol. The summed E-state index contributed by atoms with van der Waals surface area (Å²) in [4.78, 5) is 24.0. The summed E-state index contributed by atoms with van der Waals surface area (Å²) in [6, 6.07) is 7.30. The molecule has 24 heavy (non-hydrogen) atoms. The monoisotopic (exact) mass is 329 g/mol. The van der Waals surface area contributed by atoms with Crippen LogP contribution in [0.2, 0.25) is 0 Å². The minimum atomic E-state index is -1.29. The van der Waals surface area contributed by atoms with Crippen LogP contribution in [0.1, 0.15) is 21.7 Å². The van der Waals surface area contributed by atoms with E-state index in [1.165, 1.54) is 22.8 Å². The molecule has 1 aliphatic rings. The number of aromatic nitrogens is 1. The number of aromatic carboxylic acids is 1. The maximum atomic E-state index is 13.5. The van der Waals surface area contributed by atoms with Gasteiger partial charge in [-0.25, -0.2) is 14.0 Å². The lowest BCUT2D eigenvalue weighted by molar-refractivity contribution is 0.0692. The summed E-state index contributed by atoms with van der Waals surface area (Å²) in [6.07, 6.45) is -1.16. The van der Waals surface area contributed by atoms with E-state index in [0.717, 1.165) is 11.0 Å². The van der Waals surface area contributed by atoms with Gasteiger partial charge in [-0.1, -0.05) is 12.1 Å². The predicted octanol–water partition coefficient (Wildman–Crippen LogP) is 2.36. The van der Waals surface area contributed by atoms with Crippen molar-refractivity contribution in [3.05, 3.63) is 47.0 Å². The topological polar surface area (TPSA) is 107 Å². The van der Waals surface area contributed by atoms with Crippen molar-refractivity contribution in [3.63, 3.8) is 0 Å². The second-order valence-corrected chi connectivity index (χ2v) is 5.33. The zero-order valence-corrected chi connectivity index (χ0v) is 12.4. The van der Waals surface area contributed by atoms with Gasteiger partial charge in [0, 0.05) is 18.7 Å². The van der Waals surface area contributed by atoms with Crippen LogP contribution in [-0.2, 0) is 13.1 Å². The highest BCUT2D eigenvalue weighted by Gasteiger charge is 2.32. The van der Waals surface area contributed by atoms with Gasteiger partial charge in [0.25, 0.3) is 0 Å². The van der Waals surface area contributed by atoms with Crippen molar-refractivity contribution in [2.24, 2.45) is 0 Å². The lowest BCUT2D eigenvalue weighted by Crippen LogP contribution is -2.38. The first kappa shape index (κ1) is 15.6. The van der Waals surface area contributed by atoms with Gasteiger partial charge in [-0.05, 0) is 17.7 Å². The van der Waals surface area contributed by atoms with E-state index in [1.54, 1.807) is 0 Å². The molecule has 1 aromatic carbocycles. The van der Waals surface area contributed by atoms with Crippen LogP contribution in [0.25, 0.3) is 11.1 Å². The first-order valence-electron chi connectivity index (χ1n) is 7.06. The molecular weight excluding hydrogens is 317 g/mol. The summed E-state index contributed by atoms with van der Waals surface area (Å²) < 4.78 is 15.1. The molecule has 3 rings (SSSR count). The summed E-state index contributed by atoms with van der Waals surface area (Å²) in [7, 11) is 0. The molecular formula is C16H12FN3O4. The summed E-state index contributed by atoms with van der Waals surface area (Å²) in [5.74, 6) is -1.84. The molecule has 1 aliphatic heterocycles. The number of halogens is 1. The molecule has 1 amide bonds. The number of hydrogen-bond donors (Lipinski definition) is 2. The van der Waals surface area contributed by atoms with E-state index in [9.17, 15) is 24.3 Å². The van der Waals surface area contributed by atoms with Gasteiger partial charge in [-0.3, -0.25) is 0 Å². The number of hydrogen-bond acceptors (Lipinski definition) is 3. The maximum absolute atomic E-state index is 13.5. The lowest BCUT2D eigenvalue weighted by Gasteiger charge is -2.26. The Kier molecular flexibility index (Phi) is 3.69. The van der Waals surface area contributed by atoms with E-state index < -0.39 is 17.9 Å². The van der Waals surface area contributed by atoms with Crippen molar-refractivity contribution in [1.82, 2.24) is 9.47 Å². The number of carboxylic acids is 1. The van der Waals surface area contributed by atoms with Gasteiger partial charge in [0.05, 0.1) is 17.8 Å². The minimum absolute atomic E-state index is 0.0954. The Morgan fingerprint density at radius 1 is 1.25 bits per heavy atom. The summed E-state index contributed by atoms with van der Waals surface area (Å²) >= 11 is 0. The van der Waals surface area contributed by atoms with Crippen LogP contribution in [0.15, 0.2) is 24.3 Å². The number of nitrogens with zero attached hydrogens (tertiary/aromatic N) is 3. The molecule has 1 aromatic heterocycles. The zero-order valence-electron chi connectivity index (χ0n) is 12.4. The molecule has 0 atom stereocenters. The molecule has 0 fully saturated rings. The van der Waals surface area contributed by atoms with Gasteiger partial charge in [-0.15, -0.1) is 0 Å². The van der Waals surface area contributed by atoms with Gasteiger partial charge >= 0.3 is 12.1 Å². The summed E-state index contributed by atoms with van der Waals surface area (Å²) in [6.45, 7) is 0.175. The van der Waals surface area contributed by atoms with Gasteiger partial charge in [0.2, 0.25) is 0 Å². The molecule has 7 nitrogen and oxygen atoms in total. The Balaban J connectivity index is 2.29. The predicted molar refractivity (Wildman–Crippen MR) is 79.9 cm³/mol. The first-order chi connectivity index (χ1) is 11.4. The van der Waals surface area contributed by atoms with Gasteiger partial charge in [-0.2, -0.15) is 5.26 Å². The Bertz CT molecular complexity index is 897. The SMILES string of the molecule is N#Cc1c(-c2cccc(F)c2)c(C(=O)O)c2n1CCN(C(=O)O)C2. The van der Waals surface area contributed by atoms with Crippen molar-refractivity contribution in [2.75, 3.05) is 6.54 Å². The van der Waals surface area contributed by atoms with Crippen LogP contribution in [0, 0.1) is 17.1 Å². The van der Waals surface area contributed by atoms with E-state index >= 15 is 0 Å². The molecule has 0 spiro atoms. The Morgan fingerprint density at radius 2 is 2.00 bits per heavy atom. The van der Waals surface area contributed by atoms with Crippen molar-refractivity contribution >= 4 is 12.1 Å². The molecule has 2 N–H and O–H groups in total. The second-order valence-electron chi connectivity index (χ2n) is 5.33. The molecule has 0 radical (unpaired) electrons. The van der Waals surface area contributed by atoms with Crippen LogP contribution in [0.4, 0.5) is 9.18 Å². The van der Waals surface area contributed by atoms with E-state index in [0.29, 0.717) is 0 Å². The molecule has 2 aromatic rings. The zero-order chi connectivity index (χ0) is 17.4. The van der Waals surface area contributed by atoms with Crippen LogP contribution >= 0.6 is 0 Å². The number of nitriles is 1. The van der Waals surface area contributed by atoms with E-state index in [4.69, 9.17) is 5.11 Å². The fraction of sp³-hybridized carbons (Fsp3) is 0.188. The largest absolute Gasteiger partial charge is 0.478 e. The van der Waals surface area contributed by atoms with Crippen molar-refractivity contribution in [3.8, 4) is 17.2 Å². The van der Waals surface area contributed by atoms with Crippen LogP contribution < -0.4 is 0 Å². The lowest BCUT2D eigenvalue weighted by atomic mass is 10.00. The number of carbonyl (C=O) groups is 2. The molecule has 122 valence electrons. The smallest absolute Gasteiger partial charge is 0.407 e. The normalized spacial score (nSPS) is 13.2. The van der Waals surface area contributed by atoms with Gasteiger partial charge < -0.3 is 19.7 Å². The highest BCUT2D eigenvalue weighted by atomic mass is 19.1. The van der Waals surface area contributed by atoms with Gasteiger partial charge in [0.15, 0.2) is 0 Å². The van der Waals surface area contributed by atoms with Crippen LogP contribution in [-0.4, -0.2) is 38.3 Å². The number of amides is 1. The fourth-order valence-corrected chi connectivity index (χ4v) is 2.99. The van der Waals surface area contributed by atoms with Crippen LogP contribution in [0.3, 0.4) is 0 Å². The van der Waals surface area contributed by atoms with Crippen molar-refractivity contribution < 1.29 is 24.2 Å². The third kappa shape index (κ3) is 2.36. The third-order valence-electron chi connectivity index (χ3n) is 4.01. The standard InChI is InChI=1S/C16H12FN3O4/c17-10-3-1-2-9(6-10)13-11(7-18)20-5-4-19(16(23)24)8-12(20)14(13)15(21)22/h1-3,6H,4-5,8H2,(H,21,22)(H,23,24). The summed E-state index contributed by atoms with van der Waals surface area (Å²) in [5.41, 5.74) is 0.549. The Morgan fingerprint density at radius 3 is 2.58 bits per heavy atom. The van der Waals surface area contributed by atoms with E-state index in [2.05, 4.69) is 0 Å². The molecule has 0 unspecified atom stereocenters. The third-order valence-corrected chi connectivity index (χ3v) is 4.01. The van der Waals surface area contributed by atoms with Crippen LogP contribution in [0.5, 0.6) is 0 Å². The Labute approximate surface area is 135 Å².